The van der Waals surface area contributed by atoms with Crippen molar-refractivity contribution < 1.29 is 18.3 Å². The minimum atomic E-state index is -0.675. The molecule has 0 bridgehead atoms. The maximum atomic E-state index is 13.8. The monoisotopic (exact) mass is 544 g/mol. The summed E-state index contributed by atoms with van der Waals surface area (Å²) in [6.07, 6.45) is 3.48. The van der Waals surface area contributed by atoms with Gasteiger partial charge in [0.15, 0.2) is 5.82 Å². The van der Waals surface area contributed by atoms with Crippen LogP contribution in [0.5, 0.6) is 5.75 Å². The van der Waals surface area contributed by atoms with E-state index in [1.165, 1.54) is 12.1 Å². The molecule has 0 saturated carbocycles. The van der Waals surface area contributed by atoms with E-state index in [0.717, 1.165) is 23.8 Å². The lowest BCUT2D eigenvalue weighted by molar-refractivity contribution is 0.0901. The molecular weight excluding hydrogens is 515 g/mol. The standard InChI is InChI=1S/C29H29FN6O4/c1-38-22-10-11-26-20(14-22)15-25(29(37)31-26)27(28-32-33-34-36(28)18-24-5-3-13-40-24)35(17-23-4-2-12-39-23)16-19-6-8-21(30)9-7-19/h2,4,6-12,14-15,24,27H,3,5,13,16-18H2,1H3,(H,31,37)/t24-,27+/m1/s1. The van der Waals surface area contributed by atoms with Gasteiger partial charge in [0.25, 0.3) is 5.56 Å². The van der Waals surface area contributed by atoms with Crippen molar-refractivity contribution in [2.24, 2.45) is 0 Å². The normalized spacial score (nSPS) is 16.1. The van der Waals surface area contributed by atoms with Gasteiger partial charge in [0.1, 0.15) is 23.4 Å². The summed E-state index contributed by atoms with van der Waals surface area (Å²) in [4.78, 5) is 18.8. The topological polar surface area (TPSA) is 111 Å². The number of ether oxygens (including phenoxy) is 2. The maximum absolute atomic E-state index is 13.8. The first-order chi connectivity index (χ1) is 19.6. The Balaban J connectivity index is 1.50. The van der Waals surface area contributed by atoms with E-state index < -0.39 is 6.04 Å². The van der Waals surface area contributed by atoms with Crippen LogP contribution >= 0.6 is 0 Å². The minimum Gasteiger partial charge on any atom is -0.497 e. The number of H-pyrrole nitrogens is 1. The van der Waals surface area contributed by atoms with Crippen LogP contribution in [0.15, 0.2) is 76.1 Å². The van der Waals surface area contributed by atoms with Gasteiger partial charge in [-0.25, -0.2) is 9.07 Å². The van der Waals surface area contributed by atoms with Gasteiger partial charge in [-0.15, -0.1) is 5.10 Å². The smallest absolute Gasteiger partial charge is 0.253 e. The predicted molar refractivity (Wildman–Crippen MR) is 144 cm³/mol. The Hall–Kier alpha value is -4.35. The van der Waals surface area contributed by atoms with Crippen molar-refractivity contribution in [3.63, 3.8) is 0 Å². The zero-order valence-corrected chi connectivity index (χ0v) is 22.0. The molecule has 1 fully saturated rings. The molecule has 10 nitrogen and oxygen atoms in total. The van der Waals surface area contributed by atoms with Gasteiger partial charge in [0, 0.05) is 29.6 Å². The van der Waals surface area contributed by atoms with Gasteiger partial charge in [0.05, 0.1) is 32.6 Å². The quantitative estimate of drug-likeness (QED) is 0.278. The maximum Gasteiger partial charge on any atom is 0.253 e. The summed E-state index contributed by atoms with van der Waals surface area (Å²) in [5.74, 6) is 1.54. The van der Waals surface area contributed by atoms with Crippen molar-refractivity contribution in [2.45, 2.75) is 44.6 Å². The van der Waals surface area contributed by atoms with E-state index in [0.29, 0.717) is 54.7 Å². The van der Waals surface area contributed by atoms with E-state index in [4.69, 9.17) is 13.9 Å². The van der Waals surface area contributed by atoms with Gasteiger partial charge >= 0.3 is 0 Å². The Labute approximate surface area is 229 Å². The molecule has 4 heterocycles. The second-order valence-corrected chi connectivity index (χ2v) is 9.87. The molecule has 1 aliphatic heterocycles. The number of aromatic amines is 1. The number of halogens is 1. The van der Waals surface area contributed by atoms with Crippen molar-refractivity contribution in [2.75, 3.05) is 13.7 Å². The fourth-order valence-electron chi connectivity index (χ4n) is 5.21. The number of pyridine rings is 1. The van der Waals surface area contributed by atoms with Crippen LogP contribution in [-0.2, 0) is 24.4 Å². The van der Waals surface area contributed by atoms with Crippen LogP contribution in [0.3, 0.4) is 0 Å². The number of nitrogens with one attached hydrogen (secondary N) is 1. The zero-order valence-electron chi connectivity index (χ0n) is 22.0. The molecule has 1 aliphatic rings. The highest BCUT2D eigenvalue weighted by Gasteiger charge is 2.32. The molecule has 0 radical (unpaired) electrons. The number of hydrogen-bond acceptors (Lipinski definition) is 8. The average Bonchev–Trinajstić information content (AvgIpc) is 3.75. The van der Waals surface area contributed by atoms with Crippen LogP contribution in [0.2, 0.25) is 0 Å². The predicted octanol–water partition coefficient (Wildman–Crippen LogP) is 4.23. The average molecular weight is 545 g/mol. The summed E-state index contributed by atoms with van der Waals surface area (Å²) in [6.45, 7) is 1.88. The molecule has 11 heteroatoms. The lowest BCUT2D eigenvalue weighted by Gasteiger charge is -2.30. The van der Waals surface area contributed by atoms with Gasteiger partial charge < -0.3 is 18.9 Å². The summed E-state index contributed by atoms with van der Waals surface area (Å²) in [6, 6.07) is 16.7. The molecule has 40 heavy (non-hydrogen) atoms. The van der Waals surface area contributed by atoms with Crippen molar-refractivity contribution in [1.82, 2.24) is 30.1 Å². The second kappa shape index (κ2) is 11.4. The number of benzene rings is 2. The highest BCUT2D eigenvalue weighted by molar-refractivity contribution is 5.80. The van der Waals surface area contributed by atoms with Crippen LogP contribution in [-0.4, -0.2) is 49.9 Å². The minimum absolute atomic E-state index is 0.0160. The Bertz CT molecular complexity index is 1630. The molecule has 1 saturated heterocycles. The molecule has 6 rings (SSSR count). The molecule has 2 atom stereocenters. The van der Waals surface area contributed by atoms with Crippen molar-refractivity contribution in [1.29, 1.82) is 0 Å². The number of nitrogens with zero attached hydrogens (tertiary/aromatic N) is 5. The molecule has 0 aliphatic carbocycles. The first kappa shape index (κ1) is 25.9. The molecule has 0 spiro atoms. The summed E-state index contributed by atoms with van der Waals surface area (Å²) in [5.41, 5.74) is 1.73. The van der Waals surface area contributed by atoms with E-state index in [1.54, 1.807) is 36.3 Å². The molecular formula is C29H29FN6O4. The van der Waals surface area contributed by atoms with Gasteiger partial charge in [-0.3, -0.25) is 9.69 Å². The molecule has 2 aromatic carbocycles. The second-order valence-electron chi connectivity index (χ2n) is 9.87. The fraction of sp³-hybridized carbons (Fsp3) is 0.310. The van der Waals surface area contributed by atoms with Crippen LogP contribution in [0.1, 0.15) is 41.6 Å². The molecule has 0 amide bonds. The first-order valence-electron chi connectivity index (χ1n) is 13.2. The Morgan fingerprint density at radius 3 is 2.80 bits per heavy atom. The number of rotatable bonds is 10. The Morgan fingerprint density at radius 1 is 1.18 bits per heavy atom. The number of aromatic nitrogens is 5. The van der Waals surface area contributed by atoms with E-state index in [-0.39, 0.29) is 17.5 Å². The van der Waals surface area contributed by atoms with E-state index in [9.17, 15) is 9.18 Å². The van der Waals surface area contributed by atoms with Gasteiger partial charge in [0.2, 0.25) is 0 Å². The van der Waals surface area contributed by atoms with Crippen LogP contribution < -0.4 is 10.3 Å². The lowest BCUT2D eigenvalue weighted by atomic mass is 10.0. The van der Waals surface area contributed by atoms with Crippen LogP contribution in [0, 0.1) is 5.82 Å². The number of tetrazole rings is 1. The largest absolute Gasteiger partial charge is 0.497 e. The zero-order chi connectivity index (χ0) is 27.5. The molecule has 5 aromatic rings. The molecule has 0 unspecified atom stereocenters. The number of furan rings is 1. The fourth-order valence-corrected chi connectivity index (χ4v) is 5.21. The number of methoxy groups -OCH3 is 1. The number of hydrogen-bond donors (Lipinski definition) is 1. The Morgan fingerprint density at radius 2 is 2.05 bits per heavy atom. The van der Waals surface area contributed by atoms with E-state index in [2.05, 4.69) is 25.4 Å². The lowest BCUT2D eigenvalue weighted by Crippen LogP contribution is -2.35. The van der Waals surface area contributed by atoms with E-state index in [1.807, 2.05) is 30.3 Å². The van der Waals surface area contributed by atoms with Gasteiger partial charge in [-0.2, -0.15) is 0 Å². The Kier molecular flexibility index (Phi) is 7.39. The van der Waals surface area contributed by atoms with Crippen molar-refractivity contribution >= 4 is 10.9 Å². The van der Waals surface area contributed by atoms with Crippen LogP contribution in [0.25, 0.3) is 10.9 Å². The van der Waals surface area contributed by atoms with Gasteiger partial charge in [-0.05, 0) is 77.4 Å². The molecule has 206 valence electrons. The summed E-state index contributed by atoms with van der Waals surface area (Å²) in [7, 11) is 1.60. The highest BCUT2D eigenvalue weighted by Crippen LogP contribution is 2.31. The summed E-state index contributed by atoms with van der Waals surface area (Å²) < 4.78 is 32.5. The van der Waals surface area contributed by atoms with Gasteiger partial charge in [-0.1, -0.05) is 12.1 Å². The molecule has 3 aromatic heterocycles. The van der Waals surface area contributed by atoms with Crippen molar-refractivity contribution in [3.8, 4) is 5.75 Å². The van der Waals surface area contributed by atoms with Crippen molar-refractivity contribution in [3.05, 3.63) is 106 Å². The number of fused-ring (bicyclic) bond motifs is 1. The van der Waals surface area contributed by atoms with Crippen LogP contribution in [0.4, 0.5) is 4.39 Å². The first-order valence-corrected chi connectivity index (χ1v) is 13.2. The third-order valence-corrected chi connectivity index (χ3v) is 7.18. The third kappa shape index (κ3) is 5.51. The summed E-state index contributed by atoms with van der Waals surface area (Å²) in [5, 5.41) is 13.5. The summed E-state index contributed by atoms with van der Waals surface area (Å²) >= 11 is 0. The van der Waals surface area contributed by atoms with E-state index >= 15 is 0 Å². The SMILES string of the molecule is COc1ccc2[nH]c(=O)c([C@@H](c3nnnn3C[C@H]3CCCO3)N(Cc3ccc(F)cc3)Cc3ccco3)cc2c1. The molecule has 1 N–H and O–H groups in total. The highest BCUT2D eigenvalue weighted by atomic mass is 19.1. The third-order valence-electron chi connectivity index (χ3n) is 7.18.